The molecule has 0 atom stereocenters. The number of carboxylic acids is 1. The Hall–Kier alpha value is -0.420. The number of carbonyl (C=O) groups is 1. The molecule has 0 heterocycles. The summed E-state index contributed by atoms with van der Waals surface area (Å²) in [5.74, 6) is -1.06. The predicted octanol–water partition coefficient (Wildman–Crippen LogP) is -0.0395. The van der Waals surface area contributed by atoms with Gasteiger partial charge >= 0.3 is 13.8 Å². The molecule has 0 aromatic carbocycles. The Bertz CT molecular complexity index is 238. The quantitative estimate of drug-likeness (QED) is 0.545. The lowest BCUT2D eigenvalue weighted by molar-refractivity contribution is -0.144. The standard InChI is InChI=1S/C5H9O6P/c6-4(7)5(1-2-5)3-11-12(8,9)10/h1-3H2,(H,6,7)(H2,8,9,10). The van der Waals surface area contributed by atoms with E-state index in [1.165, 1.54) is 0 Å². The van der Waals surface area contributed by atoms with Gasteiger partial charge in [0.05, 0.1) is 12.0 Å². The van der Waals surface area contributed by atoms with E-state index < -0.39 is 25.8 Å². The minimum Gasteiger partial charge on any atom is -0.481 e. The van der Waals surface area contributed by atoms with Gasteiger partial charge in [0.15, 0.2) is 0 Å². The molecule has 0 aromatic heterocycles. The van der Waals surface area contributed by atoms with Gasteiger partial charge in [-0.2, -0.15) is 0 Å². The zero-order valence-electron chi connectivity index (χ0n) is 6.13. The maximum absolute atomic E-state index is 10.5. The molecular weight excluding hydrogens is 187 g/mol. The Morgan fingerprint density at radius 2 is 2.00 bits per heavy atom. The molecule has 7 heteroatoms. The minimum absolute atomic E-state index is 0.410. The van der Waals surface area contributed by atoms with Gasteiger partial charge in [0.1, 0.15) is 0 Å². The summed E-state index contributed by atoms with van der Waals surface area (Å²) in [6.07, 6.45) is 0.838. The molecule has 0 unspecified atom stereocenters. The maximum atomic E-state index is 10.5. The van der Waals surface area contributed by atoms with Gasteiger partial charge in [-0.3, -0.25) is 9.32 Å². The smallest absolute Gasteiger partial charge is 0.469 e. The molecule has 1 aliphatic carbocycles. The van der Waals surface area contributed by atoms with Crippen LogP contribution < -0.4 is 0 Å². The van der Waals surface area contributed by atoms with E-state index in [-0.39, 0.29) is 0 Å². The summed E-state index contributed by atoms with van der Waals surface area (Å²) in [7, 11) is -4.53. The Labute approximate surface area is 68.4 Å². The highest BCUT2D eigenvalue weighted by Crippen LogP contribution is 2.49. The summed E-state index contributed by atoms with van der Waals surface area (Å²) in [6.45, 7) is -0.410. The molecule has 0 spiro atoms. The van der Waals surface area contributed by atoms with Gasteiger partial charge in [0.25, 0.3) is 0 Å². The first kappa shape index (κ1) is 9.67. The molecule has 70 valence electrons. The Morgan fingerprint density at radius 1 is 1.50 bits per heavy atom. The van der Waals surface area contributed by atoms with Gasteiger partial charge in [-0.05, 0) is 12.8 Å². The number of hydrogen-bond donors (Lipinski definition) is 3. The van der Waals surface area contributed by atoms with E-state index in [2.05, 4.69) is 4.52 Å². The number of hydrogen-bond acceptors (Lipinski definition) is 3. The average molecular weight is 196 g/mol. The molecular formula is C5H9O6P. The van der Waals surface area contributed by atoms with Crippen molar-refractivity contribution in [3.05, 3.63) is 0 Å². The van der Waals surface area contributed by atoms with Gasteiger partial charge in [-0.15, -0.1) is 0 Å². The summed E-state index contributed by atoms with van der Waals surface area (Å²) in [5, 5.41) is 8.57. The zero-order chi connectivity index (χ0) is 9.41. The fourth-order valence-electron chi connectivity index (χ4n) is 0.778. The molecule has 3 N–H and O–H groups in total. The number of phosphoric acid groups is 1. The van der Waals surface area contributed by atoms with Crippen LogP contribution in [0.2, 0.25) is 0 Å². The first-order valence-corrected chi connectivity index (χ1v) is 4.82. The van der Waals surface area contributed by atoms with Crippen molar-refractivity contribution < 1.29 is 28.8 Å². The molecule has 1 saturated carbocycles. The second-order valence-corrected chi connectivity index (χ2v) is 4.09. The second kappa shape index (κ2) is 2.81. The Kier molecular flexibility index (Phi) is 2.27. The van der Waals surface area contributed by atoms with Crippen molar-refractivity contribution in [2.75, 3.05) is 6.61 Å². The molecule has 0 saturated heterocycles. The third-order valence-electron chi connectivity index (χ3n) is 1.82. The first-order chi connectivity index (χ1) is 5.36. The highest BCUT2D eigenvalue weighted by Gasteiger charge is 2.51. The SMILES string of the molecule is O=C(O)C1(COP(=O)(O)O)CC1. The molecule has 6 nitrogen and oxygen atoms in total. The summed E-state index contributed by atoms with van der Waals surface area (Å²) in [5.41, 5.74) is -1.04. The first-order valence-electron chi connectivity index (χ1n) is 3.29. The Morgan fingerprint density at radius 3 is 2.25 bits per heavy atom. The van der Waals surface area contributed by atoms with Gasteiger partial charge in [-0.25, -0.2) is 4.57 Å². The van der Waals surface area contributed by atoms with Crippen molar-refractivity contribution in [2.24, 2.45) is 5.41 Å². The fraction of sp³-hybridized carbons (Fsp3) is 0.800. The van der Waals surface area contributed by atoms with Crippen LogP contribution in [0, 0.1) is 5.41 Å². The van der Waals surface area contributed by atoms with Crippen LogP contribution in [0.4, 0.5) is 0 Å². The van der Waals surface area contributed by atoms with Gasteiger partial charge in [-0.1, -0.05) is 0 Å². The molecule has 1 aliphatic rings. The molecule has 0 bridgehead atoms. The molecule has 0 radical (unpaired) electrons. The van der Waals surface area contributed by atoms with Crippen molar-refractivity contribution in [1.29, 1.82) is 0 Å². The molecule has 0 aliphatic heterocycles. The van der Waals surface area contributed by atoms with Gasteiger partial charge in [0.2, 0.25) is 0 Å². The lowest BCUT2D eigenvalue weighted by atomic mass is 10.1. The monoisotopic (exact) mass is 196 g/mol. The maximum Gasteiger partial charge on any atom is 0.469 e. The van der Waals surface area contributed by atoms with Gasteiger partial charge in [0, 0.05) is 0 Å². The number of phosphoric ester groups is 1. The van der Waals surface area contributed by atoms with Crippen molar-refractivity contribution in [3.8, 4) is 0 Å². The third-order valence-corrected chi connectivity index (χ3v) is 2.28. The Balaban J connectivity index is 2.43. The normalized spacial score (nSPS) is 20.5. The van der Waals surface area contributed by atoms with E-state index in [1.807, 2.05) is 0 Å². The van der Waals surface area contributed by atoms with Crippen LogP contribution in [0.15, 0.2) is 0 Å². The zero-order valence-corrected chi connectivity index (χ0v) is 7.03. The van der Waals surface area contributed by atoms with Crippen LogP contribution in [0.1, 0.15) is 12.8 Å². The number of aliphatic carboxylic acids is 1. The van der Waals surface area contributed by atoms with Crippen molar-refractivity contribution in [1.82, 2.24) is 0 Å². The highest BCUT2D eigenvalue weighted by atomic mass is 31.2. The van der Waals surface area contributed by atoms with E-state index in [1.54, 1.807) is 0 Å². The fourth-order valence-corrected chi connectivity index (χ4v) is 1.19. The van der Waals surface area contributed by atoms with Crippen molar-refractivity contribution in [3.63, 3.8) is 0 Å². The average Bonchev–Trinajstić information content (AvgIpc) is 2.61. The van der Waals surface area contributed by atoms with E-state index >= 15 is 0 Å². The lowest BCUT2D eigenvalue weighted by Crippen LogP contribution is -2.20. The topological polar surface area (TPSA) is 104 Å². The summed E-state index contributed by atoms with van der Waals surface area (Å²) < 4.78 is 14.3. The largest absolute Gasteiger partial charge is 0.481 e. The van der Waals surface area contributed by atoms with Crippen LogP contribution in [0.3, 0.4) is 0 Å². The summed E-state index contributed by atoms with van der Waals surface area (Å²) in [4.78, 5) is 27.0. The molecule has 0 amide bonds. The molecule has 12 heavy (non-hydrogen) atoms. The predicted molar refractivity (Wildman–Crippen MR) is 37.3 cm³/mol. The second-order valence-electron chi connectivity index (χ2n) is 2.85. The summed E-state index contributed by atoms with van der Waals surface area (Å²) in [6, 6.07) is 0. The van der Waals surface area contributed by atoms with E-state index in [9.17, 15) is 9.36 Å². The van der Waals surface area contributed by atoms with Crippen molar-refractivity contribution in [2.45, 2.75) is 12.8 Å². The van der Waals surface area contributed by atoms with Crippen LogP contribution in [0.25, 0.3) is 0 Å². The van der Waals surface area contributed by atoms with Crippen LogP contribution in [-0.2, 0) is 13.9 Å². The third kappa shape index (κ3) is 2.28. The van der Waals surface area contributed by atoms with E-state index in [0.717, 1.165) is 0 Å². The van der Waals surface area contributed by atoms with Gasteiger partial charge < -0.3 is 14.9 Å². The van der Waals surface area contributed by atoms with Crippen LogP contribution in [-0.4, -0.2) is 27.5 Å². The highest BCUT2D eigenvalue weighted by molar-refractivity contribution is 7.46. The number of rotatable bonds is 4. The van der Waals surface area contributed by atoms with E-state index in [4.69, 9.17) is 14.9 Å². The van der Waals surface area contributed by atoms with Crippen molar-refractivity contribution >= 4 is 13.8 Å². The lowest BCUT2D eigenvalue weighted by Gasteiger charge is -2.10. The van der Waals surface area contributed by atoms with Crippen LogP contribution in [0.5, 0.6) is 0 Å². The van der Waals surface area contributed by atoms with Crippen LogP contribution >= 0.6 is 7.82 Å². The number of carboxylic acid groups (broad SMARTS) is 1. The summed E-state index contributed by atoms with van der Waals surface area (Å²) >= 11 is 0. The minimum atomic E-state index is -4.53. The molecule has 0 aromatic rings. The molecule has 1 fully saturated rings. The molecule has 1 rings (SSSR count). The van der Waals surface area contributed by atoms with E-state index in [0.29, 0.717) is 12.8 Å².